The van der Waals surface area contributed by atoms with Crippen LogP contribution in [0.1, 0.15) is 32.7 Å². The summed E-state index contributed by atoms with van der Waals surface area (Å²) in [6, 6.07) is 3.58. The summed E-state index contributed by atoms with van der Waals surface area (Å²) in [5.74, 6) is 0. The highest BCUT2D eigenvalue weighted by atomic mass is 16.1. The largest absolute Gasteiger partial charge is 0.290 e. The lowest BCUT2D eigenvalue weighted by molar-refractivity contribution is 0.470. The van der Waals surface area contributed by atoms with E-state index in [2.05, 4.69) is 23.8 Å². The molecule has 16 heavy (non-hydrogen) atoms. The maximum Gasteiger partial charge on any atom is 0.252 e. The molecular weight excluding hydrogens is 202 g/mol. The molecule has 0 amide bonds. The first-order valence-corrected chi connectivity index (χ1v) is 5.59. The molecule has 2 heterocycles. The Labute approximate surface area is 94.0 Å². The number of fused-ring (bicyclic) bond motifs is 1. The molecule has 0 fully saturated rings. The molecular formula is C12H15N3O. The van der Waals surface area contributed by atoms with Crippen molar-refractivity contribution in [1.29, 1.82) is 0 Å². The van der Waals surface area contributed by atoms with Gasteiger partial charge in [0.1, 0.15) is 12.0 Å². The van der Waals surface area contributed by atoms with E-state index in [-0.39, 0.29) is 11.6 Å². The Kier molecular flexibility index (Phi) is 2.99. The van der Waals surface area contributed by atoms with Gasteiger partial charge >= 0.3 is 0 Å². The van der Waals surface area contributed by atoms with Crippen molar-refractivity contribution in [2.24, 2.45) is 0 Å². The summed E-state index contributed by atoms with van der Waals surface area (Å²) in [4.78, 5) is 20.1. The summed E-state index contributed by atoms with van der Waals surface area (Å²) in [5, 5.41) is 0.911. The van der Waals surface area contributed by atoms with Gasteiger partial charge in [0.25, 0.3) is 5.56 Å². The predicted octanol–water partition coefficient (Wildman–Crippen LogP) is 2.15. The monoisotopic (exact) mass is 217 g/mol. The molecule has 0 radical (unpaired) electrons. The average Bonchev–Trinajstić information content (AvgIpc) is 2.33. The first-order valence-electron chi connectivity index (χ1n) is 5.59. The Hall–Kier alpha value is -1.71. The average molecular weight is 217 g/mol. The lowest BCUT2D eigenvalue weighted by Gasteiger charge is -2.17. The van der Waals surface area contributed by atoms with Gasteiger partial charge in [0, 0.05) is 23.7 Å². The molecule has 4 nitrogen and oxygen atoms in total. The molecule has 0 aliphatic rings. The topological polar surface area (TPSA) is 47.8 Å². The van der Waals surface area contributed by atoms with Crippen LogP contribution in [-0.2, 0) is 0 Å². The van der Waals surface area contributed by atoms with Crippen molar-refractivity contribution in [3.05, 3.63) is 35.0 Å². The van der Waals surface area contributed by atoms with E-state index in [1.165, 1.54) is 6.33 Å². The van der Waals surface area contributed by atoms with Crippen molar-refractivity contribution >= 4 is 11.0 Å². The molecule has 84 valence electrons. The standard InChI is InChI=1S/C12H15N3O/c1-3-10(4-2)15-11(16)6-5-9-7-13-8-14-12(9)15/h5-8,10H,3-4H2,1-2H3. The molecule has 0 N–H and O–H groups in total. The van der Waals surface area contributed by atoms with Crippen LogP contribution in [0.2, 0.25) is 0 Å². The van der Waals surface area contributed by atoms with Crippen LogP contribution < -0.4 is 5.56 Å². The van der Waals surface area contributed by atoms with Gasteiger partial charge in [0.2, 0.25) is 0 Å². The summed E-state index contributed by atoms with van der Waals surface area (Å²) in [5.41, 5.74) is 0.746. The van der Waals surface area contributed by atoms with E-state index >= 15 is 0 Å². The van der Waals surface area contributed by atoms with Crippen molar-refractivity contribution in [2.45, 2.75) is 32.7 Å². The van der Waals surface area contributed by atoms with Crippen molar-refractivity contribution in [3.63, 3.8) is 0 Å². The summed E-state index contributed by atoms with van der Waals surface area (Å²) < 4.78 is 1.77. The fourth-order valence-electron chi connectivity index (χ4n) is 2.01. The van der Waals surface area contributed by atoms with Gasteiger partial charge in [0.05, 0.1) is 0 Å². The van der Waals surface area contributed by atoms with E-state index in [4.69, 9.17) is 0 Å². The van der Waals surface area contributed by atoms with Gasteiger partial charge in [-0.1, -0.05) is 13.8 Å². The Morgan fingerprint density at radius 2 is 2.06 bits per heavy atom. The van der Waals surface area contributed by atoms with Gasteiger partial charge in [-0.2, -0.15) is 0 Å². The molecule has 4 heteroatoms. The van der Waals surface area contributed by atoms with Crippen molar-refractivity contribution in [3.8, 4) is 0 Å². The van der Waals surface area contributed by atoms with E-state index in [0.717, 1.165) is 23.9 Å². The van der Waals surface area contributed by atoms with Gasteiger partial charge in [-0.3, -0.25) is 9.36 Å². The fourth-order valence-corrected chi connectivity index (χ4v) is 2.01. The van der Waals surface area contributed by atoms with Gasteiger partial charge in [-0.05, 0) is 18.9 Å². The third kappa shape index (κ3) is 1.71. The summed E-state index contributed by atoms with van der Waals surface area (Å²) in [6.45, 7) is 4.17. The molecule has 2 aromatic rings. The van der Waals surface area contributed by atoms with Crippen LogP contribution in [-0.4, -0.2) is 14.5 Å². The number of pyridine rings is 1. The van der Waals surface area contributed by atoms with Crippen LogP contribution >= 0.6 is 0 Å². The zero-order chi connectivity index (χ0) is 11.5. The van der Waals surface area contributed by atoms with E-state index in [1.54, 1.807) is 22.9 Å². The number of hydrogen-bond donors (Lipinski definition) is 0. The highest BCUT2D eigenvalue weighted by Crippen LogP contribution is 2.17. The predicted molar refractivity (Wildman–Crippen MR) is 63.4 cm³/mol. The molecule has 0 unspecified atom stereocenters. The highest BCUT2D eigenvalue weighted by Gasteiger charge is 2.11. The van der Waals surface area contributed by atoms with Crippen molar-refractivity contribution in [2.75, 3.05) is 0 Å². The molecule has 2 rings (SSSR count). The second kappa shape index (κ2) is 4.43. The molecule has 0 aromatic carbocycles. The lowest BCUT2D eigenvalue weighted by atomic mass is 10.1. The van der Waals surface area contributed by atoms with Gasteiger partial charge < -0.3 is 0 Å². The van der Waals surface area contributed by atoms with Crippen LogP contribution in [0.25, 0.3) is 11.0 Å². The molecule has 0 aliphatic carbocycles. The van der Waals surface area contributed by atoms with E-state index in [0.29, 0.717) is 0 Å². The molecule has 0 spiro atoms. The Bertz CT molecular complexity index is 543. The number of aromatic nitrogens is 3. The summed E-state index contributed by atoms with van der Waals surface area (Å²) in [6.07, 6.45) is 5.08. The molecule has 0 saturated heterocycles. The number of hydrogen-bond acceptors (Lipinski definition) is 3. The fraction of sp³-hybridized carbons (Fsp3) is 0.417. The minimum atomic E-state index is 0.0138. The lowest BCUT2D eigenvalue weighted by Crippen LogP contribution is -2.24. The Morgan fingerprint density at radius 1 is 1.31 bits per heavy atom. The maximum absolute atomic E-state index is 11.9. The van der Waals surface area contributed by atoms with Crippen molar-refractivity contribution in [1.82, 2.24) is 14.5 Å². The first-order chi connectivity index (χ1) is 7.77. The van der Waals surface area contributed by atoms with Crippen LogP contribution in [0.3, 0.4) is 0 Å². The van der Waals surface area contributed by atoms with Gasteiger partial charge in [-0.15, -0.1) is 0 Å². The summed E-state index contributed by atoms with van der Waals surface area (Å²) >= 11 is 0. The van der Waals surface area contributed by atoms with E-state index in [9.17, 15) is 4.79 Å². The number of nitrogens with zero attached hydrogens (tertiary/aromatic N) is 3. The zero-order valence-electron chi connectivity index (χ0n) is 9.55. The van der Waals surface area contributed by atoms with E-state index in [1.807, 2.05) is 0 Å². The maximum atomic E-state index is 11.9. The Morgan fingerprint density at radius 3 is 2.75 bits per heavy atom. The van der Waals surface area contributed by atoms with Gasteiger partial charge in [0.15, 0.2) is 0 Å². The van der Waals surface area contributed by atoms with E-state index < -0.39 is 0 Å². The quantitative estimate of drug-likeness (QED) is 0.791. The molecule has 0 atom stereocenters. The Balaban J connectivity index is 2.75. The normalized spacial score (nSPS) is 11.2. The second-order valence-electron chi connectivity index (χ2n) is 3.81. The SMILES string of the molecule is CCC(CC)n1c(=O)ccc2cncnc21. The van der Waals surface area contributed by atoms with Crippen LogP contribution in [0, 0.1) is 0 Å². The minimum Gasteiger partial charge on any atom is -0.290 e. The van der Waals surface area contributed by atoms with Crippen molar-refractivity contribution < 1.29 is 0 Å². The molecule has 0 bridgehead atoms. The first kappa shape index (κ1) is 10.8. The minimum absolute atomic E-state index is 0.0138. The molecule has 0 aliphatic heterocycles. The molecule has 0 saturated carbocycles. The highest BCUT2D eigenvalue weighted by molar-refractivity contribution is 5.73. The third-order valence-electron chi connectivity index (χ3n) is 2.90. The summed E-state index contributed by atoms with van der Waals surface area (Å²) in [7, 11) is 0. The second-order valence-corrected chi connectivity index (χ2v) is 3.81. The van der Waals surface area contributed by atoms with Crippen LogP contribution in [0.4, 0.5) is 0 Å². The van der Waals surface area contributed by atoms with Gasteiger partial charge in [-0.25, -0.2) is 9.97 Å². The van der Waals surface area contributed by atoms with Crippen LogP contribution in [0.5, 0.6) is 0 Å². The zero-order valence-corrected chi connectivity index (χ0v) is 9.55. The number of rotatable bonds is 3. The molecule has 2 aromatic heterocycles. The third-order valence-corrected chi connectivity index (χ3v) is 2.90. The smallest absolute Gasteiger partial charge is 0.252 e. The van der Waals surface area contributed by atoms with Crippen LogP contribution in [0.15, 0.2) is 29.5 Å².